The number of piperazine rings is 1. The average Bonchev–Trinajstić information content (AvgIpc) is 3.49. The van der Waals surface area contributed by atoms with Crippen LogP contribution >= 0.6 is 11.8 Å². The fourth-order valence-corrected chi connectivity index (χ4v) is 5.25. The molecule has 1 saturated heterocycles. The minimum atomic E-state index is -3.53. The van der Waals surface area contributed by atoms with E-state index in [-0.39, 0.29) is 24.7 Å². The van der Waals surface area contributed by atoms with Crippen molar-refractivity contribution in [2.24, 2.45) is 0 Å². The van der Waals surface area contributed by atoms with Crippen molar-refractivity contribution in [2.75, 3.05) is 31.9 Å². The third-order valence-electron chi connectivity index (χ3n) is 4.99. The highest BCUT2D eigenvalue weighted by molar-refractivity contribution is 7.99. The minimum absolute atomic E-state index is 0.0561. The molecule has 0 saturated carbocycles. The first-order valence-electron chi connectivity index (χ1n) is 10.1. The van der Waals surface area contributed by atoms with E-state index in [9.17, 15) is 13.2 Å². The third kappa shape index (κ3) is 5.67. The molecule has 0 spiro atoms. The number of amides is 1. The normalized spacial score (nSPS) is 15.4. The van der Waals surface area contributed by atoms with E-state index in [0.717, 1.165) is 11.3 Å². The van der Waals surface area contributed by atoms with E-state index in [1.54, 1.807) is 23.6 Å². The van der Waals surface area contributed by atoms with Gasteiger partial charge >= 0.3 is 0 Å². The summed E-state index contributed by atoms with van der Waals surface area (Å²) in [6, 6.07) is 13.0. The molecule has 0 atom stereocenters. The Morgan fingerprint density at radius 3 is 2.59 bits per heavy atom. The summed E-state index contributed by atoms with van der Waals surface area (Å²) >= 11 is 1.30. The van der Waals surface area contributed by atoms with Crippen LogP contribution in [-0.2, 0) is 21.4 Å². The molecule has 2 aromatic heterocycles. The molecule has 11 heteroatoms. The summed E-state index contributed by atoms with van der Waals surface area (Å²) in [5.74, 6) is 0.924. The van der Waals surface area contributed by atoms with Gasteiger partial charge in [-0.05, 0) is 23.8 Å². The first kappa shape index (κ1) is 22.3. The Hall–Kier alpha value is -2.89. The smallest absolute Gasteiger partial charge is 0.236 e. The van der Waals surface area contributed by atoms with E-state index >= 15 is 0 Å². The van der Waals surface area contributed by atoms with Gasteiger partial charge in [-0.3, -0.25) is 4.79 Å². The van der Waals surface area contributed by atoms with Crippen LogP contribution in [-0.4, -0.2) is 70.2 Å². The van der Waals surface area contributed by atoms with Crippen molar-refractivity contribution in [3.63, 3.8) is 0 Å². The molecule has 0 bridgehead atoms. The van der Waals surface area contributed by atoms with E-state index in [4.69, 9.17) is 4.42 Å². The predicted molar refractivity (Wildman–Crippen MR) is 121 cm³/mol. The standard InChI is InChI=1S/C21H23N5O4S2/c27-20(16-31-21-23-22-17-25(21)15-19-7-4-13-30-19)24-9-11-26(12-10-24)32(28,29)14-8-18-5-2-1-3-6-18/h1-8,13-14,17H,9-12,15-16H2/b14-8+. The summed E-state index contributed by atoms with van der Waals surface area (Å²) in [6.45, 7) is 1.75. The third-order valence-corrected chi connectivity index (χ3v) is 7.52. The number of carbonyl (C=O) groups excluding carboxylic acids is 1. The van der Waals surface area contributed by atoms with Gasteiger partial charge in [-0.15, -0.1) is 10.2 Å². The van der Waals surface area contributed by atoms with E-state index in [1.807, 2.05) is 47.0 Å². The molecule has 1 aliphatic heterocycles. The van der Waals surface area contributed by atoms with Crippen LogP contribution in [0.15, 0.2) is 70.0 Å². The van der Waals surface area contributed by atoms with Crippen LogP contribution in [0.5, 0.6) is 0 Å². The molecule has 0 aliphatic carbocycles. The largest absolute Gasteiger partial charge is 0.467 e. The van der Waals surface area contributed by atoms with Crippen molar-refractivity contribution in [1.29, 1.82) is 0 Å². The van der Waals surface area contributed by atoms with Crippen LogP contribution in [0.2, 0.25) is 0 Å². The number of sulfonamides is 1. The van der Waals surface area contributed by atoms with Crippen molar-refractivity contribution in [3.05, 3.63) is 71.8 Å². The zero-order valence-electron chi connectivity index (χ0n) is 17.3. The van der Waals surface area contributed by atoms with Gasteiger partial charge in [-0.1, -0.05) is 42.1 Å². The first-order valence-corrected chi connectivity index (χ1v) is 12.5. The molecule has 0 unspecified atom stereocenters. The maximum absolute atomic E-state index is 12.6. The topological polar surface area (TPSA) is 102 Å². The Morgan fingerprint density at radius 1 is 1.09 bits per heavy atom. The molecule has 1 fully saturated rings. The second-order valence-electron chi connectivity index (χ2n) is 7.15. The molecule has 1 aliphatic rings. The molecule has 3 aromatic rings. The molecule has 32 heavy (non-hydrogen) atoms. The summed E-state index contributed by atoms with van der Waals surface area (Å²) in [5, 5.41) is 9.84. The predicted octanol–water partition coefficient (Wildman–Crippen LogP) is 2.16. The van der Waals surface area contributed by atoms with Crippen LogP contribution in [0.3, 0.4) is 0 Å². The lowest BCUT2D eigenvalue weighted by Crippen LogP contribution is -2.50. The van der Waals surface area contributed by atoms with Gasteiger partial charge in [0.05, 0.1) is 18.6 Å². The van der Waals surface area contributed by atoms with Gasteiger partial charge < -0.3 is 13.9 Å². The lowest BCUT2D eigenvalue weighted by molar-refractivity contribution is -0.129. The fourth-order valence-electron chi connectivity index (χ4n) is 3.26. The van der Waals surface area contributed by atoms with Crippen molar-refractivity contribution < 1.29 is 17.6 Å². The highest BCUT2D eigenvalue weighted by Gasteiger charge is 2.27. The number of benzene rings is 1. The fraction of sp³-hybridized carbons (Fsp3) is 0.286. The zero-order chi connectivity index (χ0) is 22.4. The number of hydrogen-bond acceptors (Lipinski definition) is 7. The first-order chi connectivity index (χ1) is 15.5. The molecule has 1 aromatic carbocycles. The van der Waals surface area contributed by atoms with Crippen LogP contribution in [0.25, 0.3) is 6.08 Å². The van der Waals surface area contributed by atoms with E-state index in [1.165, 1.54) is 21.5 Å². The molecule has 0 radical (unpaired) electrons. The van der Waals surface area contributed by atoms with Crippen molar-refractivity contribution in [2.45, 2.75) is 11.7 Å². The van der Waals surface area contributed by atoms with Crippen molar-refractivity contribution in [3.8, 4) is 0 Å². The second kappa shape index (κ2) is 10.2. The number of carbonyl (C=O) groups is 1. The Bertz CT molecular complexity index is 1150. The molecule has 3 heterocycles. The van der Waals surface area contributed by atoms with Gasteiger partial charge in [-0.25, -0.2) is 8.42 Å². The van der Waals surface area contributed by atoms with Gasteiger partial charge in [0.15, 0.2) is 5.16 Å². The summed E-state index contributed by atoms with van der Waals surface area (Å²) in [7, 11) is -3.53. The average molecular weight is 474 g/mol. The summed E-state index contributed by atoms with van der Waals surface area (Å²) in [4.78, 5) is 14.3. The SMILES string of the molecule is O=C(CSc1nncn1Cc1ccco1)N1CCN(S(=O)(=O)/C=C/c2ccccc2)CC1. The van der Waals surface area contributed by atoms with Gasteiger partial charge in [0.1, 0.15) is 12.1 Å². The highest BCUT2D eigenvalue weighted by atomic mass is 32.2. The van der Waals surface area contributed by atoms with E-state index in [0.29, 0.717) is 24.8 Å². The Balaban J connectivity index is 1.27. The van der Waals surface area contributed by atoms with Gasteiger partial charge in [0.25, 0.3) is 0 Å². The maximum atomic E-state index is 12.6. The van der Waals surface area contributed by atoms with Gasteiger partial charge in [-0.2, -0.15) is 4.31 Å². The molecule has 4 rings (SSSR count). The molecular weight excluding hydrogens is 450 g/mol. The summed E-state index contributed by atoms with van der Waals surface area (Å²) < 4.78 is 33.8. The number of nitrogens with zero attached hydrogens (tertiary/aromatic N) is 5. The lowest BCUT2D eigenvalue weighted by Gasteiger charge is -2.33. The number of furan rings is 1. The molecular formula is C21H23N5O4S2. The monoisotopic (exact) mass is 473 g/mol. The summed E-state index contributed by atoms with van der Waals surface area (Å²) in [6.07, 6.45) is 4.79. The zero-order valence-corrected chi connectivity index (χ0v) is 18.9. The second-order valence-corrected chi connectivity index (χ2v) is 9.91. The Morgan fingerprint density at radius 2 is 1.88 bits per heavy atom. The van der Waals surface area contributed by atoms with Crippen LogP contribution in [0, 0.1) is 0 Å². The van der Waals surface area contributed by atoms with Crippen LogP contribution < -0.4 is 0 Å². The maximum Gasteiger partial charge on any atom is 0.236 e. The molecule has 1 amide bonds. The molecule has 9 nitrogen and oxygen atoms in total. The van der Waals surface area contributed by atoms with Crippen molar-refractivity contribution >= 4 is 33.8 Å². The Labute approximate surface area is 190 Å². The van der Waals surface area contributed by atoms with Crippen molar-refractivity contribution in [1.82, 2.24) is 24.0 Å². The van der Waals surface area contributed by atoms with Crippen LogP contribution in [0.1, 0.15) is 11.3 Å². The number of aromatic nitrogens is 3. The van der Waals surface area contributed by atoms with E-state index < -0.39 is 10.0 Å². The number of hydrogen-bond donors (Lipinski definition) is 0. The number of thioether (sulfide) groups is 1. The minimum Gasteiger partial charge on any atom is -0.467 e. The Kier molecular flexibility index (Phi) is 7.08. The number of rotatable bonds is 8. The lowest BCUT2D eigenvalue weighted by atomic mass is 10.2. The molecule has 168 valence electrons. The summed E-state index contributed by atoms with van der Waals surface area (Å²) in [5.41, 5.74) is 0.821. The van der Waals surface area contributed by atoms with Gasteiger partial charge in [0.2, 0.25) is 15.9 Å². The van der Waals surface area contributed by atoms with Gasteiger partial charge in [0, 0.05) is 31.6 Å². The van der Waals surface area contributed by atoms with E-state index in [2.05, 4.69) is 10.2 Å². The highest BCUT2D eigenvalue weighted by Crippen LogP contribution is 2.18. The quantitative estimate of drug-likeness (QED) is 0.462. The van der Waals surface area contributed by atoms with Crippen LogP contribution in [0.4, 0.5) is 0 Å². The molecule has 0 N–H and O–H groups in total.